The Balaban J connectivity index is 1.83. The van der Waals surface area contributed by atoms with E-state index in [1.807, 2.05) is 17.0 Å². The average Bonchev–Trinajstić information content (AvgIpc) is 2.46. The van der Waals surface area contributed by atoms with Crippen LogP contribution in [0.3, 0.4) is 0 Å². The lowest BCUT2D eigenvalue weighted by atomic mass is 10.1. The number of hydrogen-bond donors (Lipinski definition) is 0. The Kier molecular flexibility index (Phi) is 5.24. The number of pyridine rings is 1. The van der Waals surface area contributed by atoms with Crippen LogP contribution in [0.5, 0.6) is 0 Å². The number of amides is 1. The monoisotopic (exact) mass is 295 g/mol. The van der Waals surface area contributed by atoms with E-state index in [0.717, 1.165) is 38.4 Å². The molecule has 0 atom stereocenters. The Hall–Kier alpha value is -1.29. The number of carbonyl (C=O) groups excluding carboxylic acids is 1. The Bertz CT molecular complexity index is 439. The molecule has 110 valence electrons. The van der Waals surface area contributed by atoms with Gasteiger partial charge < -0.3 is 9.80 Å². The number of rotatable bonds is 4. The molecule has 5 heteroatoms. The molecular formula is C15H22ClN3O. The van der Waals surface area contributed by atoms with Crippen LogP contribution in [0.15, 0.2) is 18.3 Å². The number of nitrogens with zero attached hydrogens (tertiary/aromatic N) is 3. The van der Waals surface area contributed by atoms with E-state index in [2.05, 4.69) is 23.7 Å². The summed E-state index contributed by atoms with van der Waals surface area (Å²) in [6.45, 7) is 7.53. The highest BCUT2D eigenvalue weighted by Gasteiger charge is 2.21. The zero-order valence-corrected chi connectivity index (χ0v) is 12.9. The van der Waals surface area contributed by atoms with E-state index in [0.29, 0.717) is 17.4 Å². The van der Waals surface area contributed by atoms with Crippen molar-refractivity contribution < 1.29 is 4.79 Å². The minimum Gasteiger partial charge on any atom is -0.353 e. The van der Waals surface area contributed by atoms with Crippen LogP contribution in [0.1, 0.15) is 26.7 Å². The maximum absolute atomic E-state index is 12.1. The van der Waals surface area contributed by atoms with Gasteiger partial charge in [0.15, 0.2) is 0 Å². The summed E-state index contributed by atoms with van der Waals surface area (Å²) in [4.78, 5) is 20.6. The number of anilines is 1. The van der Waals surface area contributed by atoms with Gasteiger partial charge in [-0.05, 0) is 24.5 Å². The molecule has 0 N–H and O–H groups in total. The highest BCUT2D eigenvalue weighted by Crippen LogP contribution is 2.17. The van der Waals surface area contributed by atoms with Gasteiger partial charge in [0, 0.05) is 38.8 Å². The van der Waals surface area contributed by atoms with Crippen molar-refractivity contribution in [3.63, 3.8) is 0 Å². The first-order chi connectivity index (χ1) is 9.56. The number of aromatic nitrogens is 1. The lowest BCUT2D eigenvalue weighted by Crippen LogP contribution is -2.49. The van der Waals surface area contributed by atoms with Crippen LogP contribution in [-0.4, -0.2) is 42.0 Å². The van der Waals surface area contributed by atoms with E-state index in [4.69, 9.17) is 11.6 Å². The van der Waals surface area contributed by atoms with Gasteiger partial charge in [0.05, 0.1) is 5.02 Å². The van der Waals surface area contributed by atoms with Gasteiger partial charge >= 0.3 is 0 Å². The van der Waals surface area contributed by atoms with Crippen molar-refractivity contribution in [1.29, 1.82) is 0 Å². The minimum atomic E-state index is 0.280. The van der Waals surface area contributed by atoms with Crippen LogP contribution in [0.2, 0.25) is 5.02 Å². The Morgan fingerprint density at radius 3 is 2.55 bits per heavy atom. The molecule has 1 saturated heterocycles. The molecule has 1 aliphatic heterocycles. The van der Waals surface area contributed by atoms with E-state index in [1.54, 1.807) is 6.20 Å². The van der Waals surface area contributed by atoms with Crippen molar-refractivity contribution >= 4 is 23.3 Å². The molecule has 0 saturated carbocycles. The van der Waals surface area contributed by atoms with Crippen LogP contribution in [-0.2, 0) is 4.79 Å². The average molecular weight is 296 g/mol. The summed E-state index contributed by atoms with van der Waals surface area (Å²) in [5.41, 5.74) is 0. The fourth-order valence-corrected chi connectivity index (χ4v) is 2.42. The molecule has 0 unspecified atom stereocenters. The van der Waals surface area contributed by atoms with E-state index in [-0.39, 0.29) is 5.91 Å². The van der Waals surface area contributed by atoms with Crippen LogP contribution in [0.25, 0.3) is 0 Å². The first-order valence-electron chi connectivity index (χ1n) is 7.20. The van der Waals surface area contributed by atoms with Crippen molar-refractivity contribution in [3.05, 3.63) is 23.4 Å². The van der Waals surface area contributed by atoms with Gasteiger partial charge in [0.1, 0.15) is 5.82 Å². The SMILES string of the molecule is CC(C)CCC(=O)N1CCN(c2ccc(Cl)cn2)CC1. The fraction of sp³-hybridized carbons (Fsp3) is 0.600. The molecular weight excluding hydrogens is 274 g/mol. The summed E-state index contributed by atoms with van der Waals surface area (Å²) in [6, 6.07) is 3.78. The molecule has 4 nitrogen and oxygen atoms in total. The summed E-state index contributed by atoms with van der Waals surface area (Å²) in [5.74, 6) is 1.80. The van der Waals surface area contributed by atoms with Crippen LogP contribution in [0, 0.1) is 5.92 Å². The molecule has 1 aromatic rings. The third-order valence-corrected chi connectivity index (χ3v) is 3.83. The standard InChI is InChI=1S/C15H22ClN3O/c1-12(2)3-6-15(20)19-9-7-18(8-10-19)14-5-4-13(16)11-17-14/h4-5,11-12H,3,6-10H2,1-2H3. The fourth-order valence-electron chi connectivity index (χ4n) is 2.31. The van der Waals surface area contributed by atoms with E-state index in [1.165, 1.54) is 0 Å². The van der Waals surface area contributed by atoms with Gasteiger partial charge in [-0.2, -0.15) is 0 Å². The van der Waals surface area contributed by atoms with Crippen molar-refractivity contribution in [3.8, 4) is 0 Å². The van der Waals surface area contributed by atoms with Crippen molar-refractivity contribution in [2.24, 2.45) is 5.92 Å². The molecule has 2 heterocycles. The Morgan fingerprint density at radius 2 is 2.00 bits per heavy atom. The molecule has 20 heavy (non-hydrogen) atoms. The zero-order chi connectivity index (χ0) is 14.5. The lowest BCUT2D eigenvalue weighted by molar-refractivity contribution is -0.131. The van der Waals surface area contributed by atoms with E-state index in [9.17, 15) is 4.79 Å². The van der Waals surface area contributed by atoms with Crippen molar-refractivity contribution in [1.82, 2.24) is 9.88 Å². The normalized spacial score (nSPS) is 15.8. The highest BCUT2D eigenvalue weighted by molar-refractivity contribution is 6.30. The van der Waals surface area contributed by atoms with E-state index >= 15 is 0 Å². The van der Waals surface area contributed by atoms with Gasteiger partial charge in [0.2, 0.25) is 5.91 Å². The first-order valence-corrected chi connectivity index (χ1v) is 7.58. The molecule has 0 aliphatic carbocycles. The van der Waals surface area contributed by atoms with E-state index < -0.39 is 0 Å². The Labute approximate surface area is 125 Å². The summed E-state index contributed by atoms with van der Waals surface area (Å²) < 4.78 is 0. The van der Waals surface area contributed by atoms with Crippen molar-refractivity contribution in [2.45, 2.75) is 26.7 Å². The second kappa shape index (κ2) is 6.93. The molecule has 2 rings (SSSR count). The molecule has 0 bridgehead atoms. The van der Waals surface area contributed by atoms with Crippen LogP contribution in [0.4, 0.5) is 5.82 Å². The predicted octanol–water partition coefficient (Wildman–Crippen LogP) is 2.82. The molecule has 1 fully saturated rings. The number of piperazine rings is 1. The topological polar surface area (TPSA) is 36.4 Å². The largest absolute Gasteiger partial charge is 0.353 e. The zero-order valence-electron chi connectivity index (χ0n) is 12.2. The Morgan fingerprint density at radius 1 is 1.30 bits per heavy atom. The maximum atomic E-state index is 12.1. The molecule has 1 aromatic heterocycles. The number of carbonyl (C=O) groups is 1. The van der Waals surface area contributed by atoms with Gasteiger partial charge in [-0.3, -0.25) is 4.79 Å². The summed E-state index contributed by atoms with van der Waals surface area (Å²) in [6.07, 6.45) is 3.30. The quantitative estimate of drug-likeness (QED) is 0.857. The summed E-state index contributed by atoms with van der Waals surface area (Å²) in [5, 5.41) is 0.649. The summed E-state index contributed by atoms with van der Waals surface area (Å²) >= 11 is 5.84. The highest BCUT2D eigenvalue weighted by atomic mass is 35.5. The van der Waals surface area contributed by atoms with Crippen LogP contribution >= 0.6 is 11.6 Å². The molecule has 0 spiro atoms. The second-order valence-electron chi connectivity index (χ2n) is 5.63. The third kappa shape index (κ3) is 4.10. The third-order valence-electron chi connectivity index (χ3n) is 3.60. The van der Waals surface area contributed by atoms with Gasteiger partial charge in [0.25, 0.3) is 0 Å². The van der Waals surface area contributed by atoms with Gasteiger partial charge in [-0.25, -0.2) is 4.98 Å². The number of halogens is 1. The molecule has 0 aromatic carbocycles. The maximum Gasteiger partial charge on any atom is 0.222 e. The predicted molar refractivity (Wildman–Crippen MR) is 82.1 cm³/mol. The first kappa shape index (κ1) is 15.1. The van der Waals surface area contributed by atoms with Crippen LogP contribution < -0.4 is 4.90 Å². The minimum absolute atomic E-state index is 0.280. The molecule has 1 amide bonds. The molecule has 1 aliphatic rings. The smallest absolute Gasteiger partial charge is 0.222 e. The summed E-state index contributed by atoms with van der Waals surface area (Å²) in [7, 11) is 0. The molecule has 0 radical (unpaired) electrons. The lowest BCUT2D eigenvalue weighted by Gasteiger charge is -2.35. The number of hydrogen-bond acceptors (Lipinski definition) is 3. The van der Waals surface area contributed by atoms with Gasteiger partial charge in [-0.1, -0.05) is 25.4 Å². The van der Waals surface area contributed by atoms with Crippen molar-refractivity contribution in [2.75, 3.05) is 31.1 Å². The second-order valence-corrected chi connectivity index (χ2v) is 6.07. The van der Waals surface area contributed by atoms with Gasteiger partial charge in [-0.15, -0.1) is 0 Å².